The third-order valence-corrected chi connectivity index (χ3v) is 4.37. The van der Waals surface area contributed by atoms with Crippen LogP contribution in [-0.2, 0) is 4.74 Å². The Hall–Kier alpha value is -2.68. The minimum Gasteiger partial charge on any atom is -0.378 e. The van der Waals surface area contributed by atoms with Gasteiger partial charge < -0.3 is 15.0 Å². The molecule has 1 heterocycles. The van der Waals surface area contributed by atoms with E-state index >= 15 is 0 Å². The van der Waals surface area contributed by atoms with Gasteiger partial charge >= 0.3 is 6.18 Å². The Labute approximate surface area is 157 Å². The van der Waals surface area contributed by atoms with Gasteiger partial charge in [-0.2, -0.15) is 13.2 Å². The van der Waals surface area contributed by atoms with Gasteiger partial charge in [-0.05, 0) is 35.9 Å². The molecule has 0 saturated carbocycles. The van der Waals surface area contributed by atoms with Crippen molar-refractivity contribution in [2.45, 2.75) is 12.2 Å². The number of amides is 1. The lowest BCUT2D eigenvalue weighted by atomic mass is 10.1. The van der Waals surface area contributed by atoms with Gasteiger partial charge in [0, 0.05) is 18.7 Å². The molecule has 1 saturated heterocycles. The molecule has 1 amide bonds. The number of anilines is 1. The van der Waals surface area contributed by atoms with Crippen LogP contribution in [0, 0.1) is 11.6 Å². The number of carbonyl (C=O) groups is 1. The number of halogens is 5. The second-order valence-corrected chi connectivity index (χ2v) is 6.27. The van der Waals surface area contributed by atoms with Crippen LogP contribution >= 0.6 is 0 Å². The van der Waals surface area contributed by atoms with Crippen LogP contribution in [0.2, 0.25) is 0 Å². The number of rotatable bonds is 4. The molecule has 1 fully saturated rings. The highest BCUT2D eigenvalue weighted by Crippen LogP contribution is 2.33. The zero-order valence-corrected chi connectivity index (χ0v) is 14.6. The molecule has 0 radical (unpaired) electrons. The maximum Gasteiger partial charge on any atom is 0.412 e. The van der Waals surface area contributed by atoms with E-state index in [1.54, 1.807) is 4.90 Å². The van der Waals surface area contributed by atoms with E-state index in [1.165, 1.54) is 12.1 Å². The van der Waals surface area contributed by atoms with Crippen molar-refractivity contribution < 1.29 is 31.5 Å². The first-order valence-corrected chi connectivity index (χ1v) is 8.51. The topological polar surface area (TPSA) is 41.6 Å². The van der Waals surface area contributed by atoms with Crippen molar-refractivity contribution in [1.29, 1.82) is 0 Å². The second kappa shape index (κ2) is 8.14. The highest BCUT2D eigenvalue weighted by Gasteiger charge is 2.42. The van der Waals surface area contributed by atoms with Gasteiger partial charge in [-0.15, -0.1) is 0 Å². The summed E-state index contributed by atoms with van der Waals surface area (Å²) in [5.74, 6) is -2.49. The first kappa shape index (κ1) is 20.1. The van der Waals surface area contributed by atoms with Crippen molar-refractivity contribution in [2.24, 2.45) is 0 Å². The smallest absolute Gasteiger partial charge is 0.378 e. The Morgan fingerprint density at radius 3 is 2.25 bits per heavy atom. The van der Waals surface area contributed by atoms with E-state index < -0.39 is 29.8 Å². The summed E-state index contributed by atoms with van der Waals surface area (Å²) in [5, 5.41) is 1.85. The number of nitrogens with zero attached hydrogens (tertiary/aromatic N) is 1. The molecule has 1 atom stereocenters. The average molecular weight is 400 g/mol. The fourth-order valence-corrected chi connectivity index (χ4v) is 2.93. The van der Waals surface area contributed by atoms with Crippen molar-refractivity contribution in [1.82, 2.24) is 5.32 Å². The van der Waals surface area contributed by atoms with Crippen LogP contribution in [0.1, 0.15) is 22.0 Å². The molecule has 2 aromatic rings. The molecule has 0 spiro atoms. The standard InChI is InChI=1S/C19H17F5N2O2/c20-14-4-1-12(2-5-14)17(19(22,23)24)25-18(27)13-3-6-16(15(21)11-13)26-7-9-28-10-8-26/h1-6,11,17H,7-10H2,(H,25,27). The summed E-state index contributed by atoms with van der Waals surface area (Å²) in [7, 11) is 0. The maximum absolute atomic E-state index is 14.4. The van der Waals surface area contributed by atoms with Crippen LogP contribution in [0.25, 0.3) is 0 Å². The Balaban J connectivity index is 1.80. The van der Waals surface area contributed by atoms with Crippen LogP contribution in [0.4, 0.5) is 27.6 Å². The normalized spacial score (nSPS) is 16.0. The van der Waals surface area contributed by atoms with Gasteiger partial charge in [0.15, 0.2) is 6.04 Å². The molecule has 1 aliphatic heterocycles. The van der Waals surface area contributed by atoms with Gasteiger partial charge in [-0.1, -0.05) is 12.1 Å². The summed E-state index contributed by atoms with van der Waals surface area (Å²) in [6.07, 6.45) is -4.81. The number of hydrogen-bond acceptors (Lipinski definition) is 3. The fourth-order valence-electron chi connectivity index (χ4n) is 2.93. The number of carbonyl (C=O) groups excluding carboxylic acids is 1. The minimum absolute atomic E-state index is 0.245. The Morgan fingerprint density at radius 2 is 1.68 bits per heavy atom. The van der Waals surface area contributed by atoms with Gasteiger partial charge in [0.25, 0.3) is 5.91 Å². The lowest BCUT2D eigenvalue weighted by Gasteiger charge is -2.29. The zero-order valence-electron chi connectivity index (χ0n) is 14.6. The van der Waals surface area contributed by atoms with Crippen LogP contribution in [0.3, 0.4) is 0 Å². The molecule has 0 aliphatic carbocycles. The molecular formula is C19H17F5N2O2. The molecule has 3 rings (SSSR count). The van der Waals surface area contributed by atoms with E-state index in [0.717, 1.165) is 30.3 Å². The van der Waals surface area contributed by atoms with E-state index in [-0.39, 0.29) is 16.8 Å². The molecular weight excluding hydrogens is 383 g/mol. The molecule has 1 aliphatic rings. The molecule has 0 aromatic heterocycles. The predicted molar refractivity (Wildman–Crippen MR) is 92.1 cm³/mol. The van der Waals surface area contributed by atoms with E-state index in [2.05, 4.69) is 0 Å². The van der Waals surface area contributed by atoms with Crippen molar-refractivity contribution in [2.75, 3.05) is 31.2 Å². The zero-order chi connectivity index (χ0) is 20.3. The maximum atomic E-state index is 14.4. The molecule has 2 aromatic carbocycles. The third-order valence-electron chi connectivity index (χ3n) is 4.37. The minimum atomic E-state index is -4.81. The Bertz CT molecular complexity index is 833. The summed E-state index contributed by atoms with van der Waals surface area (Å²) < 4.78 is 72.7. The third kappa shape index (κ3) is 4.59. The highest BCUT2D eigenvalue weighted by atomic mass is 19.4. The van der Waals surface area contributed by atoms with Gasteiger partial charge in [0.05, 0.1) is 18.9 Å². The summed E-state index contributed by atoms with van der Waals surface area (Å²) in [4.78, 5) is 14.0. The first-order chi connectivity index (χ1) is 13.3. The second-order valence-electron chi connectivity index (χ2n) is 6.27. The van der Waals surface area contributed by atoms with E-state index in [9.17, 15) is 26.7 Å². The number of morpholine rings is 1. The van der Waals surface area contributed by atoms with Crippen LogP contribution in [0.15, 0.2) is 42.5 Å². The number of benzene rings is 2. The Morgan fingerprint density at radius 1 is 1.04 bits per heavy atom. The summed E-state index contributed by atoms with van der Waals surface area (Å²) >= 11 is 0. The predicted octanol–water partition coefficient (Wildman–Crippen LogP) is 3.83. The number of nitrogens with one attached hydrogen (secondary N) is 1. The highest BCUT2D eigenvalue weighted by molar-refractivity contribution is 5.95. The summed E-state index contributed by atoms with van der Waals surface area (Å²) in [6, 6.07) is 4.80. The van der Waals surface area contributed by atoms with E-state index in [4.69, 9.17) is 4.74 Å². The summed E-state index contributed by atoms with van der Waals surface area (Å²) in [6.45, 7) is 1.82. The lowest BCUT2D eigenvalue weighted by molar-refractivity contribution is -0.155. The van der Waals surface area contributed by atoms with Crippen molar-refractivity contribution in [3.8, 4) is 0 Å². The van der Waals surface area contributed by atoms with E-state index in [0.29, 0.717) is 26.3 Å². The Kier molecular flexibility index (Phi) is 5.83. The molecule has 9 heteroatoms. The fraction of sp³-hybridized carbons (Fsp3) is 0.316. The largest absolute Gasteiger partial charge is 0.412 e. The molecule has 150 valence electrons. The lowest BCUT2D eigenvalue weighted by Crippen LogP contribution is -2.38. The summed E-state index contributed by atoms with van der Waals surface area (Å²) in [5.41, 5.74) is -0.315. The number of alkyl halides is 3. The van der Waals surface area contributed by atoms with Gasteiger partial charge in [0.1, 0.15) is 11.6 Å². The average Bonchev–Trinajstić information content (AvgIpc) is 2.66. The van der Waals surface area contributed by atoms with Gasteiger partial charge in [-0.25, -0.2) is 8.78 Å². The van der Waals surface area contributed by atoms with Crippen LogP contribution < -0.4 is 10.2 Å². The quantitative estimate of drug-likeness (QED) is 0.794. The molecule has 1 unspecified atom stereocenters. The van der Waals surface area contributed by atoms with Gasteiger partial charge in [0.2, 0.25) is 0 Å². The first-order valence-electron chi connectivity index (χ1n) is 8.51. The molecule has 28 heavy (non-hydrogen) atoms. The SMILES string of the molecule is O=C(NC(c1ccc(F)cc1)C(F)(F)F)c1ccc(N2CCOCC2)c(F)c1. The monoisotopic (exact) mass is 400 g/mol. The number of hydrogen-bond donors (Lipinski definition) is 1. The van der Waals surface area contributed by atoms with Crippen LogP contribution in [0.5, 0.6) is 0 Å². The molecule has 4 nitrogen and oxygen atoms in total. The molecule has 0 bridgehead atoms. The van der Waals surface area contributed by atoms with Gasteiger partial charge in [-0.3, -0.25) is 4.79 Å². The number of ether oxygens (including phenoxy) is 1. The molecule has 1 N–H and O–H groups in total. The van der Waals surface area contributed by atoms with Crippen molar-refractivity contribution >= 4 is 11.6 Å². The van der Waals surface area contributed by atoms with Crippen molar-refractivity contribution in [3.05, 3.63) is 65.2 Å². The van der Waals surface area contributed by atoms with Crippen LogP contribution in [-0.4, -0.2) is 38.4 Å². The van der Waals surface area contributed by atoms with Crippen molar-refractivity contribution in [3.63, 3.8) is 0 Å². The van der Waals surface area contributed by atoms with E-state index in [1.807, 2.05) is 5.32 Å².